The van der Waals surface area contributed by atoms with Crippen LogP contribution in [0.3, 0.4) is 0 Å². The fourth-order valence-electron chi connectivity index (χ4n) is 5.72. The highest BCUT2D eigenvalue weighted by Crippen LogP contribution is 2.40. The van der Waals surface area contributed by atoms with E-state index < -0.39 is 17.0 Å². The van der Waals surface area contributed by atoms with Crippen molar-refractivity contribution in [2.24, 2.45) is 0 Å². The number of nitrogens with one attached hydrogen (secondary N) is 1. The van der Waals surface area contributed by atoms with Crippen molar-refractivity contribution in [3.8, 4) is 29.1 Å². The van der Waals surface area contributed by atoms with Crippen LogP contribution in [-0.2, 0) is 24.1 Å². The minimum atomic E-state index is -1.03. The van der Waals surface area contributed by atoms with E-state index in [1.54, 1.807) is 4.90 Å². The summed E-state index contributed by atoms with van der Waals surface area (Å²) < 4.78 is 12.8. The SMILES string of the molecule is CCCc1cc(C(=O)N2CCC[C@]2(C)C#N)n2c1-c1cc(C(=O)NC3(C#N)COC3)c(OC)cc1CC2. The molecule has 0 saturated carbocycles. The highest BCUT2D eigenvalue weighted by atomic mass is 16.5. The molecule has 9 heteroatoms. The Morgan fingerprint density at radius 3 is 2.59 bits per heavy atom. The summed E-state index contributed by atoms with van der Waals surface area (Å²) in [6.07, 6.45) is 3.82. The molecule has 0 spiro atoms. The Kier molecular flexibility index (Phi) is 6.21. The minimum absolute atomic E-state index is 0.124. The number of benzene rings is 1. The van der Waals surface area contributed by atoms with Crippen molar-refractivity contribution in [3.05, 3.63) is 40.6 Å². The van der Waals surface area contributed by atoms with E-state index >= 15 is 0 Å². The molecule has 192 valence electrons. The summed E-state index contributed by atoms with van der Waals surface area (Å²) >= 11 is 0. The number of aryl methyl sites for hydroxylation is 2. The highest BCUT2D eigenvalue weighted by Gasteiger charge is 2.43. The van der Waals surface area contributed by atoms with Gasteiger partial charge in [-0.25, -0.2) is 0 Å². The Morgan fingerprint density at radius 1 is 1.19 bits per heavy atom. The average Bonchev–Trinajstić information content (AvgIpc) is 3.46. The molecule has 9 nitrogen and oxygen atoms in total. The quantitative estimate of drug-likeness (QED) is 0.649. The molecule has 0 radical (unpaired) electrons. The molecule has 0 bridgehead atoms. The van der Waals surface area contributed by atoms with Gasteiger partial charge in [-0.1, -0.05) is 13.3 Å². The van der Waals surface area contributed by atoms with Gasteiger partial charge >= 0.3 is 0 Å². The van der Waals surface area contributed by atoms with Crippen LogP contribution in [0.5, 0.6) is 5.75 Å². The highest BCUT2D eigenvalue weighted by molar-refractivity contribution is 6.00. The largest absolute Gasteiger partial charge is 0.496 e. The van der Waals surface area contributed by atoms with Crippen LogP contribution in [0, 0.1) is 22.7 Å². The van der Waals surface area contributed by atoms with Crippen LogP contribution in [0.25, 0.3) is 11.3 Å². The number of ether oxygens (including phenoxy) is 2. The van der Waals surface area contributed by atoms with Gasteiger partial charge in [0.25, 0.3) is 11.8 Å². The Morgan fingerprint density at radius 2 is 1.97 bits per heavy atom. The molecule has 3 aliphatic heterocycles. The van der Waals surface area contributed by atoms with Gasteiger partial charge in [0.1, 0.15) is 17.0 Å². The Labute approximate surface area is 216 Å². The molecule has 1 aromatic heterocycles. The van der Waals surface area contributed by atoms with Gasteiger partial charge in [0, 0.05) is 18.7 Å². The van der Waals surface area contributed by atoms with Crippen LogP contribution < -0.4 is 10.1 Å². The first kappa shape index (κ1) is 24.9. The zero-order chi connectivity index (χ0) is 26.4. The van der Waals surface area contributed by atoms with Crippen molar-refractivity contribution in [1.82, 2.24) is 14.8 Å². The van der Waals surface area contributed by atoms with Crippen LogP contribution in [0.15, 0.2) is 18.2 Å². The molecule has 1 atom stereocenters. The van der Waals surface area contributed by atoms with Crippen LogP contribution in [-0.4, -0.2) is 59.2 Å². The lowest BCUT2D eigenvalue weighted by Crippen LogP contribution is -2.61. The van der Waals surface area contributed by atoms with Gasteiger partial charge in [-0.2, -0.15) is 10.5 Å². The molecule has 0 aliphatic carbocycles. The van der Waals surface area contributed by atoms with E-state index in [4.69, 9.17) is 9.47 Å². The van der Waals surface area contributed by atoms with E-state index in [1.807, 2.05) is 25.1 Å². The summed E-state index contributed by atoms with van der Waals surface area (Å²) in [4.78, 5) is 28.8. The molecule has 2 amide bonds. The second-order valence-electron chi connectivity index (χ2n) is 10.4. The first-order valence-corrected chi connectivity index (χ1v) is 12.8. The van der Waals surface area contributed by atoms with Gasteiger partial charge in [-0.3, -0.25) is 9.59 Å². The van der Waals surface area contributed by atoms with E-state index in [-0.39, 0.29) is 19.1 Å². The Hall–Kier alpha value is -3.82. The van der Waals surface area contributed by atoms with E-state index in [9.17, 15) is 20.1 Å². The Balaban J connectivity index is 1.59. The lowest BCUT2D eigenvalue weighted by atomic mass is 9.92. The van der Waals surface area contributed by atoms with Gasteiger partial charge in [-0.05, 0) is 61.9 Å². The molecule has 4 heterocycles. The van der Waals surface area contributed by atoms with Crippen LogP contribution >= 0.6 is 0 Å². The van der Waals surface area contributed by atoms with E-state index in [2.05, 4.69) is 28.9 Å². The molecule has 2 saturated heterocycles. The summed E-state index contributed by atoms with van der Waals surface area (Å²) in [6, 6.07) is 10.2. The summed E-state index contributed by atoms with van der Waals surface area (Å²) in [5, 5.41) is 22.1. The number of carbonyl (C=O) groups excluding carboxylic acids is 2. The summed E-state index contributed by atoms with van der Waals surface area (Å²) in [5.74, 6) is -0.0795. The lowest BCUT2D eigenvalue weighted by Gasteiger charge is -2.35. The molecule has 5 rings (SSSR count). The standard InChI is InChI=1S/C28H31N5O4/c1-4-6-19-11-22(26(35)33-9-5-8-27(33,2)14-29)32-10-7-18-12-23(36-3)21(13-20(18)24(19)32)25(34)31-28(15-30)16-37-17-28/h11-13H,4-10,16-17H2,1-3H3,(H,31,34)/t27-/m1/s1. The number of nitrogens with zero attached hydrogens (tertiary/aromatic N) is 4. The predicted octanol–water partition coefficient (Wildman–Crippen LogP) is 3.21. The number of amides is 2. The Bertz CT molecular complexity index is 1360. The topological polar surface area (TPSA) is 120 Å². The zero-order valence-electron chi connectivity index (χ0n) is 21.5. The third-order valence-electron chi connectivity index (χ3n) is 7.83. The van der Waals surface area contributed by atoms with E-state index in [0.29, 0.717) is 42.9 Å². The maximum atomic E-state index is 13.8. The number of fused-ring (bicyclic) bond motifs is 3. The molecule has 2 fully saturated rings. The summed E-state index contributed by atoms with van der Waals surface area (Å²) in [5.41, 5.74) is 2.99. The predicted molar refractivity (Wildman–Crippen MR) is 135 cm³/mol. The first-order chi connectivity index (χ1) is 17.8. The third-order valence-corrected chi connectivity index (χ3v) is 7.83. The molecule has 37 heavy (non-hydrogen) atoms. The van der Waals surface area contributed by atoms with Crippen molar-refractivity contribution in [1.29, 1.82) is 10.5 Å². The third kappa shape index (κ3) is 3.95. The van der Waals surface area contributed by atoms with Crippen molar-refractivity contribution >= 4 is 11.8 Å². The zero-order valence-corrected chi connectivity index (χ0v) is 21.5. The summed E-state index contributed by atoms with van der Waals surface area (Å²) in [7, 11) is 1.53. The normalized spacial score (nSPS) is 21.2. The maximum Gasteiger partial charge on any atom is 0.271 e. The fourth-order valence-corrected chi connectivity index (χ4v) is 5.72. The fraction of sp³-hybridized carbons (Fsp3) is 0.500. The average molecular weight is 502 g/mol. The number of carbonyl (C=O) groups is 2. The van der Waals surface area contributed by atoms with Gasteiger partial charge < -0.3 is 24.3 Å². The first-order valence-electron chi connectivity index (χ1n) is 12.8. The van der Waals surface area contributed by atoms with Gasteiger partial charge in [0.15, 0.2) is 5.54 Å². The number of aromatic nitrogens is 1. The number of likely N-dealkylation sites (tertiary alicyclic amines) is 1. The van der Waals surface area contributed by atoms with Crippen LogP contribution in [0.1, 0.15) is 65.1 Å². The molecular weight excluding hydrogens is 470 g/mol. The molecule has 3 aliphatic rings. The van der Waals surface area contributed by atoms with Crippen molar-refractivity contribution < 1.29 is 19.1 Å². The molecular formula is C28H31N5O4. The van der Waals surface area contributed by atoms with E-state index in [1.165, 1.54) is 7.11 Å². The van der Waals surface area contributed by atoms with E-state index in [0.717, 1.165) is 41.6 Å². The van der Waals surface area contributed by atoms with Gasteiger partial charge in [-0.15, -0.1) is 0 Å². The number of rotatable bonds is 6. The van der Waals surface area contributed by atoms with Crippen LogP contribution in [0.2, 0.25) is 0 Å². The number of hydrogen-bond acceptors (Lipinski definition) is 6. The second kappa shape index (κ2) is 9.24. The lowest BCUT2D eigenvalue weighted by molar-refractivity contribution is -0.0398. The van der Waals surface area contributed by atoms with Gasteiger partial charge in [0.2, 0.25) is 0 Å². The minimum Gasteiger partial charge on any atom is -0.496 e. The number of nitriles is 2. The smallest absolute Gasteiger partial charge is 0.271 e. The molecule has 1 N–H and O–H groups in total. The van der Waals surface area contributed by atoms with Crippen molar-refractivity contribution in [2.45, 2.75) is 63.6 Å². The molecule has 0 unspecified atom stereocenters. The van der Waals surface area contributed by atoms with Crippen molar-refractivity contribution in [2.75, 3.05) is 26.9 Å². The number of methoxy groups -OCH3 is 1. The molecule has 2 aromatic rings. The van der Waals surface area contributed by atoms with Crippen LogP contribution in [0.4, 0.5) is 0 Å². The maximum absolute atomic E-state index is 13.8. The van der Waals surface area contributed by atoms with Gasteiger partial charge in [0.05, 0.1) is 43.7 Å². The second-order valence-corrected chi connectivity index (χ2v) is 10.4. The monoisotopic (exact) mass is 501 g/mol. The van der Waals surface area contributed by atoms with Crippen molar-refractivity contribution in [3.63, 3.8) is 0 Å². The summed E-state index contributed by atoms with van der Waals surface area (Å²) in [6.45, 7) is 5.41. The molecule has 1 aromatic carbocycles. The number of hydrogen-bond donors (Lipinski definition) is 1.